The molecule has 0 fully saturated rings. The van der Waals surface area contributed by atoms with Gasteiger partial charge >= 0.3 is 0 Å². The summed E-state index contributed by atoms with van der Waals surface area (Å²) in [6, 6.07) is 7.55. The standard InChI is InChI=1S/C10H9NO.C5H5.2CH4O.5CH3.Ti/c1-7-6-11-9-5-3-2-4-8(9)10(7)12;1-2-4-5-3-1;2*1-2;;;;;;/h2-6H,1H3,(H,11,12);1-3H,4H2;2*2H,1H3;5*1H3;/q;-1;;;5*-1;. The van der Waals surface area contributed by atoms with E-state index in [0.29, 0.717) is 5.75 Å². The summed E-state index contributed by atoms with van der Waals surface area (Å²) in [4.78, 5) is 4.18. The van der Waals surface area contributed by atoms with E-state index in [1.54, 1.807) is 6.20 Å². The van der Waals surface area contributed by atoms with Gasteiger partial charge in [0.1, 0.15) is 5.75 Å². The van der Waals surface area contributed by atoms with Crippen molar-refractivity contribution in [1.82, 2.24) is 4.98 Å². The fourth-order valence-corrected chi connectivity index (χ4v) is 1.57. The zero-order chi connectivity index (χ0) is 16.1. The second kappa shape index (κ2) is 29.3. The van der Waals surface area contributed by atoms with Gasteiger partial charge in [-0.3, -0.25) is 11.1 Å². The van der Waals surface area contributed by atoms with E-state index in [0.717, 1.165) is 37.1 Å². The van der Waals surface area contributed by atoms with Gasteiger partial charge in [0.15, 0.2) is 0 Å². The van der Waals surface area contributed by atoms with Crippen LogP contribution < -0.4 is 0 Å². The molecule has 3 rings (SSSR count). The van der Waals surface area contributed by atoms with Crippen LogP contribution in [0.4, 0.5) is 0 Å². The molecule has 0 bridgehead atoms. The molecule has 4 nitrogen and oxygen atoms in total. The van der Waals surface area contributed by atoms with Crippen molar-refractivity contribution >= 4 is 10.9 Å². The van der Waals surface area contributed by atoms with Crippen molar-refractivity contribution in [3.05, 3.63) is 97.5 Å². The van der Waals surface area contributed by atoms with Crippen LogP contribution in [0.5, 0.6) is 5.75 Å². The van der Waals surface area contributed by atoms with Gasteiger partial charge < -0.3 is 52.5 Å². The Balaban J connectivity index is -0.0000000470. The molecule has 0 aliphatic heterocycles. The predicted octanol–water partition coefficient (Wildman–Crippen LogP) is 5.02. The van der Waals surface area contributed by atoms with Crippen molar-refractivity contribution in [2.45, 2.75) is 13.3 Å². The summed E-state index contributed by atoms with van der Waals surface area (Å²) in [5.41, 5.74) is 1.65. The zero-order valence-corrected chi connectivity index (χ0v) is 19.7. The van der Waals surface area contributed by atoms with Gasteiger partial charge in [-0.15, -0.1) is 6.42 Å². The number of allylic oxidation sites excluding steroid dienone is 4. The van der Waals surface area contributed by atoms with Crippen LogP contribution in [0.2, 0.25) is 0 Å². The molecule has 27 heavy (non-hydrogen) atoms. The number of fused-ring (bicyclic) bond motifs is 1. The Kier molecular flexibility index (Phi) is 48.6. The SMILES string of the molecule is CO.CO.Cc1cnc2ccccc2c1O.[C-]1=CC=CC1.[CH3-].[CH3-].[CH3-].[CH3-].[CH3-].[Ti]. The number of pyridine rings is 1. The van der Waals surface area contributed by atoms with Gasteiger partial charge in [0.25, 0.3) is 0 Å². The second-order valence-corrected chi connectivity index (χ2v) is 3.81. The third-order valence-corrected chi connectivity index (χ3v) is 2.52. The molecular weight excluding hydrogens is 374 g/mol. The van der Waals surface area contributed by atoms with E-state index >= 15 is 0 Å². The third kappa shape index (κ3) is 16.4. The van der Waals surface area contributed by atoms with Gasteiger partial charge in [-0.2, -0.15) is 6.08 Å². The molecule has 2 aromatic rings. The summed E-state index contributed by atoms with van der Waals surface area (Å²) >= 11 is 0. The van der Waals surface area contributed by atoms with Gasteiger partial charge in [-0.25, -0.2) is 12.2 Å². The van der Waals surface area contributed by atoms with Crippen molar-refractivity contribution in [2.24, 2.45) is 0 Å². The van der Waals surface area contributed by atoms with Gasteiger partial charge in [-0.1, -0.05) is 12.1 Å². The number of para-hydroxylation sites is 1. The fourth-order valence-electron chi connectivity index (χ4n) is 1.57. The van der Waals surface area contributed by atoms with Gasteiger partial charge in [-0.05, 0) is 19.1 Å². The van der Waals surface area contributed by atoms with Crippen LogP contribution in [0.15, 0.2) is 48.7 Å². The van der Waals surface area contributed by atoms with Crippen LogP contribution in [-0.4, -0.2) is 34.5 Å². The van der Waals surface area contributed by atoms with E-state index in [2.05, 4.69) is 17.1 Å². The maximum atomic E-state index is 9.62. The Morgan fingerprint density at radius 2 is 1.44 bits per heavy atom. The van der Waals surface area contributed by atoms with Gasteiger partial charge in [0.2, 0.25) is 0 Å². The molecule has 5 heteroatoms. The molecule has 0 spiro atoms. The molecular formula is C22H37NO3Ti-6. The van der Waals surface area contributed by atoms with Crippen LogP contribution in [0, 0.1) is 50.1 Å². The van der Waals surface area contributed by atoms with Crippen molar-refractivity contribution in [2.75, 3.05) is 14.2 Å². The van der Waals surface area contributed by atoms with Gasteiger partial charge in [0.05, 0.1) is 5.52 Å². The molecule has 0 amide bonds. The summed E-state index contributed by atoms with van der Waals surface area (Å²) in [7, 11) is 2.00. The Labute approximate surface area is 183 Å². The summed E-state index contributed by atoms with van der Waals surface area (Å²) in [5, 5.41) is 24.4. The molecule has 0 unspecified atom stereocenters. The number of hydrogen-bond acceptors (Lipinski definition) is 4. The molecule has 0 saturated heterocycles. The number of nitrogens with zero attached hydrogens (tertiary/aromatic N) is 1. The first-order valence-corrected chi connectivity index (χ1v) is 6.43. The topological polar surface area (TPSA) is 73.6 Å². The molecule has 1 heterocycles. The first kappa shape index (κ1) is 44.7. The van der Waals surface area contributed by atoms with E-state index in [-0.39, 0.29) is 58.9 Å². The zero-order valence-electron chi connectivity index (χ0n) is 18.1. The first-order chi connectivity index (χ1) is 10.3. The van der Waals surface area contributed by atoms with E-state index in [1.807, 2.05) is 43.3 Å². The average Bonchev–Trinajstić information content (AvgIpc) is 3.15. The number of aliphatic hydroxyl groups is 2. The number of rotatable bonds is 0. The van der Waals surface area contributed by atoms with E-state index in [4.69, 9.17) is 10.2 Å². The van der Waals surface area contributed by atoms with E-state index in [1.165, 1.54) is 0 Å². The molecule has 1 aromatic carbocycles. The fraction of sp³-hybridized carbons (Fsp3) is 0.182. The molecule has 0 saturated carbocycles. The monoisotopic (exact) mass is 411 g/mol. The number of aromatic nitrogens is 1. The number of hydrogen-bond donors (Lipinski definition) is 3. The smallest absolute Gasteiger partial charge is 0.129 e. The maximum Gasteiger partial charge on any atom is 0.129 e. The predicted molar refractivity (Wildman–Crippen MR) is 118 cm³/mol. The third-order valence-electron chi connectivity index (χ3n) is 2.52. The minimum absolute atomic E-state index is 0. The molecule has 0 radical (unpaired) electrons. The summed E-state index contributed by atoms with van der Waals surface area (Å²) in [5.74, 6) is 0.334. The molecule has 1 aliphatic rings. The van der Waals surface area contributed by atoms with E-state index in [9.17, 15) is 5.11 Å². The maximum absolute atomic E-state index is 9.62. The largest absolute Gasteiger partial charge is 0.507 e. The van der Waals surface area contributed by atoms with E-state index < -0.39 is 0 Å². The molecule has 1 aliphatic carbocycles. The van der Waals surface area contributed by atoms with Crippen LogP contribution in [0.1, 0.15) is 12.0 Å². The normalized spacial score (nSPS) is 8.33. The Bertz CT molecular complexity index is 575. The molecule has 158 valence electrons. The molecule has 1 aromatic heterocycles. The Morgan fingerprint density at radius 3 is 1.85 bits per heavy atom. The summed E-state index contributed by atoms with van der Waals surface area (Å²) in [6.45, 7) is 1.84. The Morgan fingerprint density at radius 1 is 0.926 bits per heavy atom. The quantitative estimate of drug-likeness (QED) is 0.420. The number of aromatic hydroxyl groups is 1. The van der Waals surface area contributed by atoms with Crippen molar-refractivity contribution in [3.63, 3.8) is 0 Å². The van der Waals surface area contributed by atoms with Crippen LogP contribution in [0.3, 0.4) is 0 Å². The van der Waals surface area contributed by atoms with Crippen molar-refractivity contribution < 1.29 is 37.0 Å². The Hall–Kier alpha value is -1.46. The number of aliphatic hydroxyl groups excluding tert-OH is 2. The minimum atomic E-state index is 0. The van der Waals surface area contributed by atoms with Crippen LogP contribution in [-0.2, 0) is 21.7 Å². The summed E-state index contributed by atoms with van der Waals surface area (Å²) in [6.07, 6.45) is 11.7. The van der Waals surface area contributed by atoms with Crippen LogP contribution in [0.25, 0.3) is 10.9 Å². The minimum Gasteiger partial charge on any atom is -0.507 e. The first-order valence-electron chi connectivity index (χ1n) is 6.43. The number of aryl methyl sites for hydroxylation is 1. The molecule has 0 atom stereocenters. The average molecular weight is 411 g/mol. The van der Waals surface area contributed by atoms with Gasteiger partial charge in [0, 0.05) is 53.1 Å². The van der Waals surface area contributed by atoms with Crippen molar-refractivity contribution in [1.29, 1.82) is 0 Å². The van der Waals surface area contributed by atoms with Crippen LogP contribution >= 0.6 is 0 Å². The molecule has 3 N–H and O–H groups in total. The number of benzene rings is 1. The van der Waals surface area contributed by atoms with Crippen molar-refractivity contribution in [3.8, 4) is 5.75 Å². The summed E-state index contributed by atoms with van der Waals surface area (Å²) < 4.78 is 0. The second-order valence-electron chi connectivity index (χ2n) is 3.81.